The summed E-state index contributed by atoms with van der Waals surface area (Å²) in [5.74, 6) is -2.37. The average molecular weight is 458 g/mol. The van der Waals surface area contributed by atoms with Gasteiger partial charge in [-0.2, -0.15) is 13.2 Å². The molecule has 162 valence electrons. The highest BCUT2D eigenvalue weighted by molar-refractivity contribution is 7.17. The van der Waals surface area contributed by atoms with Crippen molar-refractivity contribution in [2.24, 2.45) is 0 Å². The smallest absolute Gasteiger partial charge is 0.322 e. The van der Waals surface area contributed by atoms with Crippen LogP contribution in [-0.2, 0) is 6.18 Å². The highest BCUT2D eigenvalue weighted by atomic mass is 32.1. The Balaban J connectivity index is 1.62. The summed E-state index contributed by atoms with van der Waals surface area (Å²) < 4.78 is 55.6. The number of rotatable bonds is 4. The maximum Gasteiger partial charge on any atom is 0.418 e. The van der Waals surface area contributed by atoms with Crippen molar-refractivity contribution in [3.63, 3.8) is 0 Å². The monoisotopic (exact) mass is 458 g/mol. The molecule has 1 heterocycles. The minimum atomic E-state index is -4.81. The molecule has 0 saturated heterocycles. The lowest BCUT2D eigenvalue weighted by molar-refractivity contribution is -0.136. The van der Waals surface area contributed by atoms with E-state index in [1.807, 2.05) is 6.07 Å². The number of hydrogen-bond acceptors (Lipinski definition) is 3. The molecule has 0 radical (unpaired) electrons. The number of amides is 2. The van der Waals surface area contributed by atoms with Crippen molar-refractivity contribution in [1.82, 2.24) is 0 Å². The van der Waals surface area contributed by atoms with Gasteiger partial charge < -0.3 is 10.6 Å². The van der Waals surface area contributed by atoms with E-state index in [2.05, 4.69) is 10.6 Å². The lowest BCUT2D eigenvalue weighted by Gasteiger charge is -2.16. The number of carbonyl (C=O) groups excluding carboxylic acids is 2. The van der Waals surface area contributed by atoms with Gasteiger partial charge in [0.25, 0.3) is 11.8 Å². The predicted molar refractivity (Wildman–Crippen MR) is 116 cm³/mol. The molecule has 0 unspecified atom stereocenters. The van der Waals surface area contributed by atoms with E-state index < -0.39 is 35.1 Å². The van der Waals surface area contributed by atoms with Crippen molar-refractivity contribution in [3.8, 4) is 0 Å². The summed E-state index contributed by atoms with van der Waals surface area (Å²) in [7, 11) is 0. The Bertz CT molecular complexity index is 1330. The fraction of sp³-hybridized carbons (Fsp3) is 0.0435. The molecule has 3 aromatic carbocycles. The first-order valence-electron chi connectivity index (χ1n) is 9.29. The summed E-state index contributed by atoms with van der Waals surface area (Å²) in [4.78, 5) is 24.9. The molecule has 0 aliphatic carbocycles. The molecule has 2 amide bonds. The van der Waals surface area contributed by atoms with Gasteiger partial charge in [-0.05, 0) is 36.4 Å². The van der Waals surface area contributed by atoms with Crippen molar-refractivity contribution in [1.29, 1.82) is 0 Å². The topological polar surface area (TPSA) is 58.2 Å². The van der Waals surface area contributed by atoms with Crippen molar-refractivity contribution >= 4 is 44.6 Å². The van der Waals surface area contributed by atoms with Crippen LogP contribution in [0.15, 0.2) is 72.1 Å². The molecule has 0 saturated carbocycles. The van der Waals surface area contributed by atoms with Gasteiger partial charge in [0.2, 0.25) is 0 Å². The number of nitrogens with one attached hydrogen (secondary N) is 2. The summed E-state index contributed by atoms with van der Waals surface area (Å²) in [5.41, 5.74) is -1.83. The number of fused-ring (bicyclic) bond motifs is 1. The molecule has 32 heavy (non-hydrogen) atoms. The molecule has 2 N–H and O–H groups in total. The Hall–Kier alpha value is -3.72. The van der Waals surface area contributed by atoms with Crippen LogP contribution in [0.5, 0.6) is 0 Å². The number of thiophene rings is 1. The quantitative estimate of drug-likeness (QED) is 0.340. The van der Waals surface area contributed by atoms with Crippen LogP contribution in [0.2, 0.25) is 0 Å². The van der Waals surface area contributed by atoms with Gasteiger partial charge in [0.15, 0.2) is 0 Å². The zero-order valence-corrected chi connectivity index (χ0v) is 17.0. The Labute approximate surface area is 183 Å². The molecule has 9 heteroatoms. The fourth-order valence-electron chi connectivity index (χ4n) is 3.15. The van der Waals surface area contributed by atoms with Crippen molar-refractivity contribution in [3.05, 3.63) is 94.6 Å². The van der Waals surface area contributed by atoms with Gasteiger partial charge in [0.05, 0.1) is 22.4 Å². The highest BCUT2D eigenvalue weighted by Gasteiger charge is 2.34. The van der Waals surface area contributed by atoms with E-state index in [1.165, 1.54) is 35.6 Å². The van der Waals surface area contributed by atoms with Crippen molar-refractivity contribution < 1.29 is 27.2 Å². The molecule has 0 fully saturated rings. The first-order chi connectivity index (χ1) is 15.2. The van der Waals surface area contributed by atoms with E-state index in [1.54, 1.807) is 23.6 Å². The zero-order valence-electron chi connectivity index (χ0n) is 16.2. The van der Waals surface area contributed by atoms with Crippen LogP contribution in [0.25, 0.3) is 10.1 Å². The van der Waals surface area contributed by atoms with Crippen LogP contribution in [-0.4, -0.2) is 11.8 Å². The maximum absolute atomic E-state index is 13.8. The van der Waals surface area contributed by atoms with Crippen LogP contribution >= 0.6 is 11.3 Å². The van der Waals surface area contributed by atoms with E-state index in [0.29, 0.717) is 11.5 Å². The number of alkyl halides is 3. The van der Waals surface area contributed by atoms with Gasteiger partial charge in [0, 0.05) is 21.2 Å². The highest BCUT2D eigenvalue weighted by Crippen LogP contribution is 2.37. The van der Waals surface area contributed by atoms with Gasteiger partial charge in [-0.15, -0.1) is 11.3 Å². The van der Waals surface area contributed by atoms with E-state index in [-0.39, 0.29) is 16.8 Å². The zero-order chi connectivity index (χ0) is 22.9. The van der Waals surface area contributed by atoms with Gasteiger partial charge >= 0.3 is 6.18 Å². The van der Waals surface area contributed by atoms with Crippen LogP contribution in [0, 0.1) is 5.82 Å². The third-order valence-corrected chi connectivity index (χ3v) is 5.64. The SMILES string of the molecule is O=C(Nc1ccc(NC(=O)c2csc3ccccc23)c(C(F)(F)F)c1)c1ccccc1F. The molecule has 0 atom stereocenters. The molecule has 0 bridgehead atoms. The molecule has 0 spiro atoms. The van der Waals surface area contributed by atoms with Crippen molar-refractivity contribution in [2.75, 3.05) is 10.6 Å². The van der Waals surface area contributed by atoms with E-state index in [9.17, 15) is 27.2 Å². The van der Waals surface area contributed by atoms with Crippen LogP contribution in [0.3, 0.4) is 0 Å². The Morgan fingerprint density at radius 2 is 1.50 bits per heavy atom. The van der Waals surface area contributed by atoms with Gasteiger partial charge in [0.1, 0.15) is 5.82 Å². The largest absolute Gasteiger partial charge is 0.418 e. The van der Waals surface area contributed by atoms with Crippen LogP contribution in [0.4, 0.5) is 28.9 Å². The average Bonchev–Trinajstić information content (AvgIpc) is 3.18. The van der Waals surface area contributed by atoms with Gasteiger partial charge in [-0.1, -0.05) is 30.3 Å². The predicted octanol–water partition coefficient (Wildman–Crippen LogP) is 6.56. The van der Waals surface area contributed by atoms with E-state index in [0.717, 1.165) is 16.8 Å². The summed E-state index contributed by atoms with van der Waals surface area (Å²) >= 11 is 1.31. The summed E-state index contributed by atoms with van der Waals surface area (Å²) in [6.07, 6.45) is -4.81. The van der Waals surface area contributed by atoms with Gasteiger partial charge in [-0.3, -0.25) is 9.59 Å². The normalized spacial score (nSPS) is 11.4. The minimum Gasteiger partial charge on any atom is -0.322 e. The first-order valence-corrected chi connectivity index (χ1v) is 10.2. The number of hydrogen-bond donors (Lipinski definition) is 2. The summed E-state index contributed by atoms with van der Waals surface area (Å²) in [5, 5.41) is 6.78. The summed E-state index contributed by atoms with van der Waals surface area (Å²) in [6.45, 7) is 0. The molecule has 0 aliphatic rings. The molecule has 0 aliphatic heterocycles. The maximum atomic E-state index is 13.8. The standard InChI is InChI=1S/C23H14F4N2O2S/c24-18-7-3-1-6-15(18)21(30)28-13-9-10-19(17(11-13)23(25,26)27)29-22(31)16-12-32-20-8-4-2-5-14(16)20/h1-12H,(H,28,30)(H,29,31). The third-order valence-electron chi connectivity index (χ3n) is 4.68. The molecular weight excluding hydrogens is 444 g/mol. The molecule has 1 aromatic heterocycles. The molecular formula is C23H14F4N2O2S. The second kappa shape index (κ2) is 8.43. The number of carbonyl (C=O) groups is 2. The Kier molecular flexibility index (Phi) is 5.67. The molecule has 4 rings (SSSR count). The summed E-state index contributed by atoms with van der Waals surface area (Å²) in [6, 6.07) is 15.1. The fourth-order valence-corrected chi connectivity index (χ4v) is 4.09. The minimum absolute atomic E-state index is 0.190. The lowest BCUT2D eigenvalue weighted by Crippen LogP contribution is -2.18. The number of anilines is 2. The number of benzene rings is 3. The Morgan fingerprint density at radius 3 is 2.25 bits per heavy atom. The first kappa shape index (κ1) is 21.5. The van der Waals surface area contributed by atoms with Gasteiger partial charge in [-0.25, -0.2) is 4.39 Å². The second-order valence-corrected chi connectivity index (χ2v) is 7.70. The third kappa shape index (κ3) is 4.33. The van der Waals surface area contributed by atoms with E-state index in [4.69, 9.17) is 0 Å². The molecule has 4 nitrogen and oxygen atoms in total. The van der Waals surface area contributed by atoms with E-state index >= 15 is 0 Å². The number of halogens is 4. The molecule has 4 aromatic rings. The van der Waals surface area contributed by atoms with Crippen molar-refractivity contribution in [2.45, 2.75) is 6.18 Å². The Morgan fingerprint density at radius 1 is 0.812 bits per heavy atom. The second-order valence-electron chi connectivity index (χ2n) is 6.79. The van der Waals surface area contributed by atoms with Crippen LogP contribution in [0.1, 0.15) is 26.3 Å². The van der Waals surface area contributed by atoms with Crippen LogP contribution < -0.4 is 10.6 Å². The lowest BCUT2D eigenvalue weighted by atomic mass is 10.1.